The zero-order chi connectivity index (χ0) is 50.4. The first-order valence-corrected chi connectivity index (χ1v) is 25.9. The van der Waals surface area contributed by atoms with Crippen LogP contribution in [0.1, 0.15) is 68.1 Å². The summed E-state index contributed by atoms with van der Waals surface area (Å²) < 4.78 is 66.0. The van der Waals surface area contributed by atoms with Crippen molar-refractivity contribution in [1.82, 2.24) is 39.6 Å². The molecule has 18 nitrogen and oxygen atoms in total. The van der Waals surface area contributed by atoms with Crippen molar-refractivity contribution in [3.05, 3.63) is 77.5 Å². The van der Waals surface area contributed by atoms with E-state index in [1.807, 2.05) is 17.5 Å². The van der Waals surface area contributed by atoms with Crippen LogP contribution in [0.2, 0.25) is 0 Å². The van der Waals surface area contributed by atoms with Gasteiger partial charge in [-0.15, -0.1) is 11.3 Å². The molecule has 0 spiro atoms. The molecule has 2 aliphatic heterocycles. The number of ether oxygens (including phenoxy) is 5. The molecule has 21 heteroatoms. The first kappa shape index (κ1) is 52.6. The highest BCUT2D eigenvalue weighted by Crippen LogP contribution is 2.32. The summed E-state index contributed by atoms with van der Waals surface area (Å²) in [6.45, 7) is 7.02. The van der Waals surface area contributed by atoms with E-state index in [0.717, 1.165) is 91.9 Å². The predicted molar refractivity (Wildman–Crippen MR) is 263 cm³/mol. The minimum absolute atomic E-state index is 0.0462. The van der Waals surface area contributed by atoms with Crippen molar-refractivity contribution in [1.29, 1.82) is 0 Å². The van der Waals surface area contributed by atoms with Gasteiger partial charge in [0.25, 0.3) is 11.8 Å². The van der Waals surface area contributed by atoms with Crippen molar-refractivity contribution in [2.75, 3.05) is 99.1 Å². The molecule has 72 heavy (non-hydrogen) atoms. The van der Waals surface area contributed by atoms with Crippen molar-refractivity contribution in [2.45, 2.75) is 77.1 Å². The largest absolute Gasteiger partial charge is 0.489 e. The Morgan fingerprint density at radius 3 is 2.29 bits per heavy atom. The number of benzene rings is 1. The van der Waals surface area contributed by atoms with Crippen LogP contribution in [0.3, 0.4) is 0 Å². The monoisotopic (exact) mass is 1020 g/mol. The van der Waals surface area contributed by atoms with E-state index in [-0.39, 0.29) is 98.8 Å². The van der Waals surface area contributed by atoms with Gasteiger partial charge in [-0.25, -0.2) is 8.78 Å². The summed E-state index contributed by atoms with van der Waals surface area (Å²) in [6.07, 6.45) is 10.0. The van der Waals surface area contributed by atoms with Gasteiger partial charge >= 0.3 is 0 Å². The number of nitrogens with zero attached hydrogens (tertiary/aromatic N) is 7. The van der Waals surface area contributed by atoms with E-state index < -0.39 is 23.6 Å². The van der Waals surface area contributed by atoms with E-state index >= 15 is 0 Å². The Balaban J connectivity index is 0.693. The highest BCUT2D eigenvalue weighted by molar-refractivity contribution is 7.17. The van der Waals surface area contributed by atoms with Crippen molar-refractivity contribution in [2.24, 2.45) is 5.92 Å². The maximum absolute atomic E-state index is 14.6. The van der Waals surface area contributed by atoms with Crippen molar-refractivity contribution in [3.8, 4) is 11.6 Å². The van der Waals surface area contributed by atoms with Gasteiger partial charge in [-0.2, -0.15) is 0 Å². The number of aromatic nitrogens is 3. The maximum Gasteiger partial charge on any atom is 0.270 e. The SMILES string of the molecule is C[CH]C(=O)N[C@H](C(=O)N1CCN(C(=O)c2cc3cc(F)c(F)cc3n2CC(=O)N(C)CCOCCOCCOCCOc2cc(CN3CCC(Oc4ccnc5ccsc45)CC3)on2)CC1)C1CCCCC1. The Hall–Kier alpha value is -5.74. The molecule has 8 rings (SSSR count). The Morgan fingerprint density at radius 2 is 1.56 bits per heavy atom. The molecule has 2 saturated heterocycles. The normalized spacial score (nSPS) is 16.6. The van der Waals surface area contributed by atoms with E-state index in [4.69, 9.17) is 28.2 Å². The number of carbonyl (C=O) groups is 4. The molecule has 1 aromatic carbocycles. The van der Waals surface area contributed by atoms with Gasteiger partial charge in [0, 0.05) is 83.0 Å². The number of likely N-dealkylation sites (tertiary alicyclic amines) is 1. The highest BCUT2D eigenvalue weighted by Gasteiger charge is 2.36. The standard InChI is InChI=1S/C51H65F2N8O10S/c1-3-45(62)55-48(35-7-5-4-6-8-35)51(65)60-18-16-59(17-19-60)50(64)43-30-36-29-39(52)40(53)32-42(36)61(43)34-47(63)57(2)20-21-66-22-23-67-24-25-68-26-27-69-46-31-38(71-56-46)33-58-14-10-37(11-15-58)70-44-9-13-54-41-12-28-72-49(41)44/h3,9,12-13,28-32,35,37,48H,4-8,10-11,14-27,33-34H2,1-2H3,(H,55,62)/t48-/m0/s1. The molecule has 3 aliphatic rings. The van der Waals surface area contributed by atoms with Gasteiger partial charge in [-0.1, -0.05) is 26.2 Å². The quantitative estimate of drug-likeness (QED) is 0.0742. The number of piperidine rings is 1. The van der Waals surface area contributed by atoms with Crippen LogP contribution >= 0.6 is 11.3 Å². The highest BCUT2D eigenvalue weighted by atomic mass is 32.1. The Bertz CT molecular complexity index is 2590. The van der Waals surface area contributed by atoms with Gasteiger partial charge in [0.1, 0.15) is 36.7 Å². The molecule has 4 amide bonds. The fourth-order valence-electron chi connectivity index (χ4n) is 9.47. The molecule has 6 heterocycles. The molecule has 5 aromatic rings. The second-order valence-electron chi connectivity index (χ2n) is 18.4. The number of amides is 4. The van der Waals surface area contributed by atoms with Crippen LogP contribution in [0.25, 0.3) is 21.1 Å². The summed E-state index contributed by atoms with van der Waals surface area (Å²) in [5.74, 6) is -1.34. The van der Waals surface area contributed by atoms with Crippen molar-refractivity contribution >= 4 is 56.1 Å². The van der Waals surface area contributed by atoms with Gasteiger partial charge in [0.2, 0.25) is 17.7 Å². The number of nitrogens with one attached hydrogen (secondary N) is 1. The third kappa shape index (κ3) is 13.9. The summed E-state index contributed by atoms with van der Waals surface area (Å²) in [6, 6.07) is 8.58. The van der Waals surface area contributed by atoms with Gasteiger partial charge in [-0.3, -0.25) is 29.1 Å². The first-order valence-electron chi connectivity index (χ1n) is 25.0. The molecule has 3 fully saturated rings. The number of hydrogen-bond donors (Lipinski definition) is 1. The van der Waals surface area contributed by atoms with Gasteiger partial charge in [0.15, 0.2) is 17.4 Å². The Labute approximate surface area is 421 Å². The Morgan fingerprint density at radius 1 is 0.861 bits per heavy atom. The van der Waals surface area contributed by atoms with Crippen molar-refractivity contribution in [3.63, 3.8) is 0 Å². The van der Waals surface area contributed by atoms with Crippen LogP contribution in [0, 0.1) is 24.0 Å². The number of thiophene rings is 1. The molecule has 389 valence electrons. The van der Waals surface area contributed by atoms with Crippen LogP contribution in [0.4, 0.5) is 8.78 Å². The lowest BCUT2D eigenvalue weighted by Crippen LogP contribution is -2.58. The number of carbonyl (C=O) groups excluding carboxylic acids is 4. The van der Waals surface area contributed by atoms with Crippen LogP contribution in [-0.4, -0.2) is 169 Å². The van der Waals surface area contributed by atoms with Gasteiger partial charge in [-0.05, 0) is 66.4 Å². The molecular formula is C51H65F2N8O10S. The Kier molecular flexibility index (Phi) is 18.8. The minimum Gasteiger partial charge on any atom is -0.489 e. The number of likely N-dealkylation sites (N-methyl/N-ethyl adjacent to an activating group) is 1. The fraction of sp³-hybridized carbons (Fsp3) is 0.549. The number of pyridine rings is 1. The zero-order valence-electron chi connectivity index (χ0n) is 41.1. The lowest BCUT2D eigenvalue weighted by Gasteiger charge is -2.39. The molecule has 1 atom stereocenters. The lowest BCUT2D eigenvalue weighted by atomic mass is 9.83. The molecule has 1 N–H and O–H groups in total. The summed E-state index contributed by atoms with van der Waals surface area (Å²) in [5, 5.41) is 9.25. The molecule has 0 unspecified atom stereocenters. The summed E-state index contributed by atoms with van der Waals surface area (Å²) in [5.41, 5.74) is 1.27. The van der Waals surface area contributed by atoms with E-state index in [2.05, 4.69) is 20.4 Å². The molecule has 1 radical (unpaired) electrons. The molecule has 1 aliphatic carbocycles. The van der Waals surface area contributed by atoms with Crippen LogP contribution in [-0.2, 0) is 41.7 Å². The molecule has 0 bridgehead atoms. The van der Waals surface area contributed by atoms with Gasteiger partial charge < -0.3 is 52.8 Å². The van der Waals surface area contributed by atoms with Crippen LogP contribution < -0.4 is 14.8 Å². The van der Waals surface area contributed by atoms with E-state index in [0.29, 0.717) is 45.5 Å². The topological polar surface area (TPSA) is 183 Å². The summed E-state index contributed by atoms with van der Waals surface area (Å²) in [4.78, 5) is 65.2. The number of hydrogen-bond acceptors (Lipinski definition) is 14. The van der Waals surface area contributed by atoms with E-state index in [1.54, 1.807) is 47.4 Å². The number of rotatable bonds is 24. The van der Waals surface area contributed by atoms with E-state index in [9.17, 15) is 28.0 Å². The zero-order valence-corrected chi connectivity index (χ0v) is 41.9. The number of fused-ring (bicyclic) bond motifs is 2. The number of piperazine rings is 1. The molecule has 4 aromatic heterocycles. The molecule has 1 saturated carbocycles. The van der Waals surface area contributed by atoms with Crippen LogP contribution in [0.5, 0.6) is 11.6 Å². The second kappa shape index (κ2) is 25.8. The molecular weight excluding hydrogens is 955 g/mol. The van der Waals surface area contributed by atoms with Crippen molar-refractivity contribution < 1.29 is 56.2 Å². The average Bonchev–Trinajstić information content (AvgIpc) is 4.16. The summed E-state index contributed by atoms with van der Waals surface area (Å²) >= 11 is 1.65. The predicted octanol–water partition coefficient (Wildman–Crippen LogP) is 5.72. The first-order chi connectivity index (χ1) is 35.0. The smallest absolute Gasteiger partial charge is 0.270 e. The maximum atomic E-state index is 14.6. The summed E-state index contributed by atoms with van der Waals surface area (Å²) in [7, 11) is 1.60. The van der Waals surface area contributed by atoms with E-state index in [1.165, 1.54) is 22.0 Å². The lowest BCUT2D eigenvalue weighted by molar-refractivity contribution is -0.139. The van der Waals surface area contributed by atoms with Gasteiger partial charge in [0.05, 0.1) is 61.9 Å². The average molecular weight is 1020 g/mol. The van der Waals surface area contributed by atoms with Crippen LogP contribution in [0.15, 0.2) is 52.5 Å². The number of halogens is 2. The third-order valence-corrected chi connectivity index (χ3v) is 14.5. The fourth-order valence-corrected chi connectivity index (χ4v) is 10.3. The minimum atomic E-state index is -1.10. The second-order valence-corrected chi connectivity index (χ2v) is 19.3. The third-order valence-electron chi connectivity index (χ3n) is 13.6.